The van der Waals surface area contributed by atoms with Crippen molar-refractivity contribution >= 4 is 21.8 Å². The first-order valence-corrected chi connectivity index (χ1v) is 10.2. The van der Waals surface area contributed by atoms with Gasteiger partial charge in [0.15, 0.2) is 0 Å². The summed E-state index contributed by atoms with van der Waals surface area (Å²) in [5, 5.41) is 0. The van der Waals surface area contributed by atoms with Gasteiger partial charge in [0.2, 0.25) is 0 Å². The van der Waals surface area contributed by atoms with E-state index in [1.165, 1.54) is 27.3 Å². The van der Waals surface area contributed by atoms with E-state index in [9.17, 15) is 13.2 Å². The van der Waals surface area contributed by atoms with Crippen molar-refractivity contribution in [3.8, 4) is 11.5 Å². The van der Waals surface area contributed by atoms with Gasteiger partial charge in [-0.15, -0.1) is 4.40 Å². The van der Waals surface area contributed by atoms with Gasteiger partial charge in [0.1, 0.15) is 17.2 Å². The monoisotopic (exact) mass is 408 g/mol. The standard InChI is InChI=1S/C18H24N4O5S/c1-20-7-9-22(10-8-20)18(23)16-12-15(19-28(24,25)21(16)2)14-11-13(26-3)5-6-17(14)27-4/h5-6,11-12H,7-10H2,1-4H3. The van der Waals surface area contributed by atoms with Crippen LogP contribution in [0.1, 0.15) is 5.56 Å². The zero-order chi connectivity index (χ0) is 20.5. The summed E-state index contributed by atoms with van der Waals surface area (Å²) in [7, 11) is 2.26. The highest BCUT2D eigenvalue weighted by molar-refractivity contribution is 7.88. The molecule has 2 heterocycles. The van der Waals surface area contributed by atoms with Crippen molar-refractivity contribution < 1.29 is 22.7 Å². The second kappa shape index (κ2) is 7.80. The normalized spacial score (nSPS) is 19.7. The molecule has 2 aliphatic heterocycles. The van der Waals surface area contributed by atoms with Gasteiger partial charge < -0.3 is 19.3 Å². The van der Waals surface area contributed by atoms with Crippen LogP contribution < -0.4 is 9.47 Å². The summed E-state index contributed by atoms with van der Waals surface area (Å²) in [6.07, 6.45) is 1.49. The number of piperazine rings is 1. The molecular weight excluding hydrogens is 384 g/mol. The Hall–Kier alpha value is -2.59. The summed E-state index contributed by atoms with van der Waals surface area (Å²) in [6.45, 7) is 2.55. The first kappa shape index (κ1) is 20.2. The minimum absolute atomic E-state index is 0.0550. The molecule has 1 saturated heterocycles. The van der Waals surface area contributed by atoms with E-state index in [1.807, 2.05) is 7.05 Å². The molecule has 10 heteroatoms. The molecule has 9 nitrogen and oxygen atoms in total. The number of ether oxygens (including phenoxy) is 2. The quantitative estimate of drug-likeness (QED) is 0.714. The number of likely N-dealkylation sites (N-methyl/N-ethyl adjacent to an activating group) is 2. The minimum Gasteiger partial charge on any atom is -0.497 e. The van der Waals surface area contributed by atoms with Gasteiger partial charge in [-0.3, -0.25) is 4.79 Å². The number of allylic oxidation sites excluding steroid dienone is 1. The van der Waals surface area contributed by atoms with E-state index >= 15 is 0 Å². The third kappa shape index (κ3) is 3.83. The van der Waals surface area contributed by atoms with Crippen molar-refractivity contribution in [2.24, 2.45) is 4.40 Å². The summed E-state index contributed by atoms with van der Waals surface area (Å²) in [5.74, 6) is 0.616. The number of amides is 1. The first-order valence-electron chi connectivity index (χ1n) is 8.77. The average Bonchev–Trinajstić information content (AvgIpc) is 2.69. The van der Waals surface area contributed by atoms with Gasteiger partial charge in [0.25, 0.3) is 5.91 Å². The fraction of sp³-hybridized carbons (Fsp3) is 0.444. The van der Waals surface area contributed by atoms with E-state index in [4.69, 9.17) is 9.47 Å². The Kier molecular flexibility index (Phi) is 5.61. The van der Waals surface area contributed by atoms with Crippen LogP contribution in [0.5, 0.6) is 11.5 Å². The van der Waals surface area contributed by atoms with Crippen LogP contribution in [0.3, 0.4) is 0 Å². The maximum absolute atomic E-state index is 13.0. The molecule has 0 bridgehead atoms. The van der Waals surface area contributed by atoms with Gasteiger partial charge in [0.05, 0.1) is 19.9 Å². The first-order chi connectivity index (χ1) is 13.3. The van der Waals surface area contributed by atoms with E-state index in [2.05, 4.69) is 9.30 Å². The van der Waals surface area contributed by atoms with Gasteiger partial charge >= 0.3 is 10.2 Å². The van der Waals surface area contributed by atoms with Crippen molar-refractivity contribution in [3.05, 3.63) is 35.5 Å². The molecule has 0 aliphatic carbocycles. The maximum atomic E-state index is 13.0. The van der Waals surface area contributed by atoms with E-state index in [-0.39, 0.29) is 17.3 Å². The molecule has 1 fully saturated rings. The van der Waals surface area contributed by atoms with Gasteiger partial charge in [0, 0.05) is 38.8 Å². The van der Waals surface area contributed by atoms with Crippen LogP contribution >= 0.6 is 0 Å². The van der Waals surface area contributed by atoms with Crippen LogP contribution in [0, 0.1) is 0 Å². The molecule has 0 N–H and O–H groups in total. The molecule has 1 amide bonds. The van der Waals surface area contributed by atoms with Crippen LogP contribution in [0.15, 0.2) is 34.4 Å². The highest BCUT2D eigenvalue weighted by Crippen LogP contribution is 2.29. The predicted molar refractivity (Wildman–Crippen MR) is 105 cm³/mol. The lowest BCUT2D eigenvalue weighted by atomic mass is 10.1. The second-order valence-corrected chi connectivity index (χ2v) is 8.24. The Bertz CT molecular complexity index is 933. The number of hydrogen-bond donors (Lipinski definition) is 0. The fourth-order valence-electron chi connectivity index (χ4n) is 3.07. The molecule has 1 aromatic rings. The lowest BCUT2D eigenvalue weighted by Gasteiger charge is -2.34. The molecule has 1 aromatic carbocycles. The number of carbonyl (C=O) groups is 1. The molecule has 0 atom stereocenters. The van der Waals surface area contributed by atoms with Crippen LogP contribution in [0.4, 0.5) is 0 Å². The Balaban J connectivity index is 2.04. The summed E-state index contributed by atoms with van der Waals surface area (Å²) in [4.78, 5) is 16.8. The van der Waals surface area contributed by atoms with Gasteiger partial charge in [-0.2, -0.15) is 8.42 Å². The summed E-state index contributed by atoms with van der Waals surface area (Å²) >= 11 is 0. The molecule has 2 aliphatic rings. The number of methoxy groups -OCH3 is 2. The molecule has 0 radical (unpaired) electrons. The SMILES string of the molecule is COc1ccc(OC)c(C2=NS(=O)(=O)N(C)C(C(=O)N3CCN(C)CC3)=C2)c1. The fourth-order valence-corrected chi connectivity index (χ4v) is 3.97. The Morgan fingerprint density at radius 1 is 1.07 bits per heavy atom. The number of hydrogen-bond acceptors (Lipinski definition) is 6. The topological polar surface area (TPSA) is 91.8 Å². The molecule has 0 aromatic heterocycles. The predicted octanol–water partition coefficient (Wildman–Crippen LogP) is 0.341. The van der Waals surface area contributed by atoms with Crippen molar-refractivity contribution in [2.45, 2.75) is 0 Å². The minimum atomic E-state index is -4.05. The highest BCUT2D eigenvalue weighted by atomic mass is 32.2. The highest BCUT2D eigenvalue weighted by Gasteiger charge is 2.33. The summed E-state index contributed by atoms with van der Waals surface area (Å²) in [6, 6.07) is 5.00. The molecule has 0 unspecified atom stereocenters. The molecule has 28 heavy (non-hydrogen) atoms. The summed E-state index contributed by atoms with van der Waals surface area (Å²) in [5.41, 5.74) is 0.618. The Labute approximate surface area is 165 Å². The second-order valence-electron chi connectivity index (χ2n) is 6.61. The zero-order valence-electron chi connectivity index (χ0n) is 16.4. The number of benzene rings is 1. The van der Waals surface area contributed by atoms with Crippen LogP contribution in [-0.2, 0) is 15.0 Å². The van der Waals surface area contributed by atoms with Gasteiger partial charge in [-0.25, -0.2) is 4.31 Å². The Morgan fingerprint density at radius 3 is 2.36 bits per heavy atom. The van der Waals surface area contributed by atoms with Crippen LogP contribution in [0.25, 0.3) is 0 Å². The van der Waals surface area contributed by atoms with Crippen molar-refractivity contribution in [2.75, 3.05) is 54.5 Å². The average molecular weight is 408 g/mol. The van der Waals surface area contributed by atoms with E-state index in [0.29, 0.717) is 30.2 Å². The lowest BCUT2D eigenvalue weighted by molar-refractivity contribution is -0.129. The Morgan fingerprint density at radius 2 is 1.75 bits per heavy atom. The molecule has 3 rings (SSSR count). The van der Waals surface area contributed by atoms with Gasteiger partial charge in [-0.05, 0) is 31.3 Å². The largest absolute Gasteiger partial charge is 0.497 e. The zero-order valence-corrected chi connectivity index (χ0v) is 17.2. The van der Waals surface area contributed by atoms with Crippen molar-refractivity contribution in [1.29, 1.82) is 0 Å². The smallest absolute Gasteiger partial charge is 0.345 e. The van der Waals surface area contributed by atoms with Crippen LogP contribution in [0.2, 0.25) is 0 Å². The third-order valence-corrected chi connectivity index (χ3v) is 6.18. The van der Waals surface area contributed by atoms with Crippen molar-refractivity contribution in [3.63, 3.8) is 0 Å². The van der Waals surface area contributed by atoms with E-state index in [1.54, 1.807) is 23.1 Å². The molecule has 152 valence electrons. The van der Waals surface area contributed by atoms with Gasteiger partial charge in [-0.1, -0.05) is 0 Å². The van der Waals surface area contributed by atoms with Crippen LogP contribution in [-0.4, -0.2) is 88.6 Å². The number of carbonyl (C=O) groups excluding carboxylic acids is 1. The number of rotatable bonds is 4. The summed E-state index contributed by atoms with van der Waals surface area (Å²) < 4.78 is 40.6. The number of nitrogens with zero attached hydrogens (tertiary/aromatic N) is 4. The van der Waals surface area contributed by atoms with Crippen molar-refractivity contribution in [1.82, 2.24) is 14.1 Å². The molecular formula is C18H24N4O5S. The molecule has 0 spiro atoms. The lowest BCUT2D eigenvalue weighted by Crippen LogP contribution is -2.49. The molecule has 0 saturated carbocycles. The maximum Gasteiger partial charge on any atom is 0.345 e. The third-order valence-electron chi connectivity index (χ3n) is 4.86. The van der Waals surface area contributed by atoms with E-state index < -0.39 is 10.2 Å². The van der Waals surface area contributed by atoms with E-state index in [0.717, 1.165) is 17.4 Å².